The molecule has 1 aliphatic rings. The first-order valence-corrected chi connectivity index (χ1v) is 5.86. The van der Waals surface area contributed by atoms with Crippen LogP contribution in [0.5, 0.6) is 0 Å². The zero-order valence-electron chi connectivity index (χ0n) is 10.7. The lowest BCUT2D eigenvalue weighted by Crippen LogP contribution is -2.53. The highest BCUT2D eigenvalue weighted by molar-refractivity contribution is 6.41. The van der Waals surface area contributed by atoms with Crippen LogP contribution in [-0.2, 0) is 14.4 Å². The van der Waals surface area contributed by atoms with Crippen LogP contribution >= 0.6 is 0 Å². The number of carboxylic acid groups (broad SMARTS) is 1. The fourth-order valence-electron chi connectivity index (χ4n) is 1.89. The molecule has 7 nitrogen and oxygen atoms in total. The molecule has 0 aromatic heterocycles. The van der Waals surface area contributed by atoms with Crippen LogP contribution in [0.4, 0.5) is 5.69 Å². The molecule has 0 saturated carbocycles. The minimum absolute atomic E-state index is 0.0224. The summed E-state index contributed by atoms with van der Waals surface area (Å²) >= 11 is 0. The Morgan fingerprint density at radius 2 is 1.65 bits per heavy atom. The number of aliphatic carboxylic acids is 1. The van der Waals surface area contributed by atoms with E-state index in [-0.39, 0.29) is 5.56 Å². The summed E-state index contributed by atoms with van der Waals surface area (Å²) in [7, 11) is 1.55. The van der Waals surface area contributed by atoms with Crippen LogP contribution in [0.1, 0.15) is 10.4 Å². The van der Waals surface area contributed by atoms with Gasteiger partial charge in [-0.15, -0.1) is 0 Å². The molecule has 0 spiro atoms. The van der Waals surface area contributed by atoms with Gasteiger partial charge in [0.25, 0.3) is 5.78 Å². The maximum absolute atomic E-state index is 11.8. The minimum atomic E-state index is -1.54. The highest BCUT2D eigenvalue weighted by Gasteiger charge is 2.31. The molecule has 1 aliphatic heterocycles. The van der Waals surface area contributed by atoms with Crippen LogP contribution in [0, 0.1) is 0 Å². The van der Waals surface area contributed by atoms with E-state index in [2.05, 4.69) is 0 Å². The van der Waals surface area contributed by atoms with E-state index >= 15 is 0 Å². The summed E-state index contributed by atoms with van der Waals surface area (Å²) in [4.78, 5) is 47.9. The van der Waals surface area contributed by atoms with Crippen LogP contribution in [0.25, 0.3) is 0 Å². The van der Waals surface area contributed by atoms with Crippen molar-refractivity contribution in [2.45, 2.75) is 0 Å². The van der Waals surface area contributed by atoms with Gasteiger partial charge in [-0.05, 0) is 24.3 Å². The lowest BCUT2D eigenvalue weighted by molar-refractivity contribution is -0.145. The quantitative estimate of drug-likeness (QED) is 0.607. The Balaban J connectivity index is 2.22. The lowest BCUT2D eigenvalue weighted by Gasteiger charge is -2.31. The van der Waals surface area contributed by atoms with E-state index in [1.807, 2.05) is 0 Å². The second kappa shape index (κ2) is 5.12. The monoisotopic (exact) mass is 276 g/mol. The van der Waals surface area contributed by atoms with Crippen molar-refractivity contribution < 1.29 is 24.3 Å². The van der Waals surface area contributed by atoms with Gasteiger partial charge < -0.3 is 14.9 Å². The van der Waals surface area contributed by atoms with E-state index in [1.54, 1.807) is 7.05 Å². The number of ketones is 1. The zero-order chi connectivity index (χ0) is 14.9. The molecule has 0 radical (unpaired) electrons. The summed E-state index contributed by atoms with van der Waals surface area (Å²) in [5, 5.41) is 8.60. The molecule has 1 saturated heterocycles. The summed E-state index contributed by atoms with van der Waals surface area (Å²) in [5.41, 5.74) is 0.479. The van der Waals surface area contributed by atoms with Gasteiger partial charge in [-0.3, -0.25) is 14.4 Å². The summed E-state index contributed by atoms with van der Waals surface area (Å²) in [5.74, 6) is -3.79. The number of carbonyl (C=O) groups is 4. The standard InChI is InChI=1S/C13H12N2O5/c1-14-6-7-15(12(18)11(14)17)9-4-2-8(3-5-9)10(16)13(19)20/h2-5H,6-7H2,1H3,(H,19,20). The second-order valence-electron chi connectivity index (χ2n) is 4.36. The van der Waals surface area contributed by atoms with Gasteiger partial charge in [0.2, 0.25) is 0 Å². The van der Waals surface area contributed by atoms with Gasteiger partial charge in [-0.25, -0.2) is 4.79 Å². The van der Waals surface area contributed by atoms with Crippen LogP contribution in [0.15, 0.2) is 24.3 Å². The molecule has 104 valence electrons. The topological polar surface area (TPSA) is 95.0 Å². The van der Waals surface area contributed by atoms with Gasteiger partial charge in [0, 0.05) is 31.4 Å². The molecule has 2 rings (SSSR count). The predicted molar refractivity (Wildman–Crippen MR) is 68.4 cm³/mol. The fraction of sp³-hybridized carbons (Fsp3) is 0.231. The number of amides is 2. The normalized spacial score (nSPS) is 15.4. The van der Waals surface area contributed by atoms with Gasteiger partial charge in [0.1, 0.15) is 0 Å². The van der Waals surface area contributed by atoms with Crippen molar-refractivity contribution >= 4 is 29.3 Å². The van der Waals surface area contributed by atoms with E-state index in [0.717, 1.165) is 0 Å². The maximum atomic E-state index is 11.8. The Hall–Kier alpha value is -2.70. The largest absolute Gasteiger partial charge is 0.475 e. The summed E-state index contributed by atoms with van der Waals surface area (Å²) in [6, 6.07) is 5.54. The van der Waals surface area contributed by atoms with Gasteiger partial charge >= 0.3 is 17.8 Å². The average Bonchev–Trinajstić information content (AvgIpc) is 2.44. The van der Waals surface area contributed by atoms with Gasteiger partial charge in [-0.1, -0.05) is 0 Å². The first-order valence-electron chi connectivity index (χ1n) is 5.86. The predicted octanol–water partition coefficient (Wildman–Crippen LogP) is -0.241. The Labute approximate surface area is 114 Å². The number of rotatable bonds is 3. The number of piperazine rings is 1. The van der Waals surface area contributed by atoms with E-state index in [9.17, 15) is 19.2 Å². The number of hydrogen-bond acceptors (Lipinski definition) is 4. The summed E-state index contributed by atoms with van der Waals surface area (Å²) in [6.07, 6.45) is 0. The number of hydrogen-bond donors (Lipinski definition) is 1. The number of anilines is 1. The molecule has 0 aliphatic carbocycles. The van der Waals surface area contributed by atoms with Crippen molar-refractivity contribution in [3.8, 4) is 0 Å². The molecular formula is C13H12N2O5. The van der Waals surface area contributed by atoms with Crippen molar-refractivity contribution in [2.75, 3.05) is 25.0 Å². The number of Topliss-reactive ketones (excluding diaryl/α,β-unsaturated/α-hetero) is 1. The SMILES string of the molecule is CN1CCN(c2ccc(C(=O)C(=O)O)cc2)C(=O)C1=O. The van der Waals surface area contributed by atoms with E-state index < -0.39 is 23.6 Å². The average molecular weight is 276 g/mol. The third-order valence-corrected chi connectivity index (χ3v) is 3.07. The molecule has 2 amide bonds. The Morgan fingerprint density at radius 3 is 2.20 bits per heavy atom. The van der Waals surface area contributed by atoms with Crippen LogP contribution < -0.4 is 4.90 Å². The van der Waals surface area contributed by atoms with Crippen LogP contribution in [0.3, 0.4) is 0 Å². The van der Waals surface area contributed by atoms with Gasteiger partial charge in [0.15, 0.2) is 0 Å². The van der Waals surface area contributed by atoms with Crippen LogP contribution in [0.2, 0.25) is 0 Å². The van der Waals surface area contributed by atoms with E-state index in [1.165, 1.54) is 34.1 Å². The van der Waals surface area contributed by atoms with Gasteiger partial charge in [-0.2, -0.15) is 0 Å². The molecule has 1 fully saturated rings. The Kier molecular flexibility index (Phi) is 3.51. The first-order chi connectivity index (χ1) is 9.41. The van der Waals surface area contributed by atoms with Crippen molar-refractivity contribution in [3.63, 3.8) is 0 Å². The summed E-state index contributed by atoms with van der Waals surface area (Å²) < 4.78 is 0. The molecule has 20 heavy (non-hydrogen) atoms. The Morgan fingerprint density at radius 1 is 1.05 bits per heavy atom. The highest BCUT2D eigenvalue weighted by atomic mass is 16.4. The fourth-order valence-corrected chi connectivity index (χ4v) is 1.89. The van der Waals surface area contributed by atoms with Crippen LogP contribution in [-0.4, -0.2) is 53.7 Å². The number of carboxylic acids is 1. The Bertz CT molecular complexity index is 593. The van der Waals surface area contributed by atoms with E-state index in [0.29, 0.717) is 18.8 Å². The highest BCUT2D eigenvalue weighted by Crippen LogP contribution is 2.18. The first kappa shape index (κ1) is 13.7. The minimum Gasteiger partial charge on any atom is -0.475 e. The molecule has 1 aromatic rings. The smallest absolute Gasteiger partial charge is 0.377 e. The zero-order valence-corrected chi connectivity index (χ0v) is 10.7. The number of carbonyl (C=O) groups excluding carboxylic acids is 3. The molecule has 0 bridgehead atoms. The molecule has 1 heterocycles. The van der Waals surface area contributed by atoms with Crippen molar-refractivity contribution in [2.24, 2.45) is 0 Å². The number of benzene rings is 1. The lowest BCUT2D eigenvalue weighted by atomic mass is 10.1. The summed E-state index contributed by atoms with van der Waals surface area (Å²) in [6.45, 7) is 0.772. The van der Waals surface area contributed by atoms with Crippen molar-refractivity contribution in [1.82, 2.24) is 4.90 Å². The number of nitrogens with zero attached hydrogens (tertiary/aromatic N) is 2. The molecule has 7 heteroatoms. The molecule has 0 atom stereocenters. The van der Waals surface area contributed by atoms with Crippen molar-refractivity contribution in [1.29, 1.82) is 0 Å². The molecular weight excluding hydrogens is 264 g/mol. The second-order valence-corrected chi connectivity index (χ2v) is 4.36. The third kappa shape index (κ3) is 2.37. The molecule has 1 N–H and O–H groups in total. The van der Waals surface area contributed by atoms with Crippen molar-refractivity contribution in [3.05, 3.63) is 29.8 Å². The van der Waals surface area contributed by atoms with E-state index in [4.69, 9.17) is 5.11 Å². The third-order valence-electron chi connectivity index (χ3n) is 3.07. The number of likely N-dealkylation sites (N-methyl/N-ethyl adjacent to an activating group) is 1. The molecule has 0 unspecified atom stereocenters. The molecule has 1 aromatic carbocycles. The maximum Gasteiger partial charge on any atom is 0.377 e. The van der Waals surface area contributed by atoms with Gasteiger partial charge in [0.05, 0.1) is 0 Å².